The van der Waals surface area contributed by atoms with Gasteiger partial charge < -0.3 is 9.80 Å². The third-order valence-electron chi connectivity index (χ3n) is 3.55. The predicted octanol–water partition coefficient (Wildman–Crippen LogP) is 3.43. The highest BCUT2D eigenvalue weighted by atomic mass is 15.1. The normalized spacial score (nSPS) is 11.6. The Kier molecular flexibility index (Phi) is 12.3. The Bertz CT molecular complexity index is 124. The summed E-state index contributed by atoms with van der Waals surface area (Å²) in [7, 11) is 0. The summed E-state index contributed by atoms with van der Waals surface area (Å²) in [4.78, 5) is 5.01. The van der Waals surface area contributed by atoms with E-state index >= 15 is 0 Å². The minimum atomic E-state index is 1.19. The van der Waals surface area contributed by atoms with Gasteiger partial charge in [0.15, 0.2) is 0 Å². The molecule has 0 unspecified atom stereocenters. The van der Waals surface area contributed by atoms with E-state index in [0.29, 0.717) is 0 Å². The van der Waals surface area contributed by atoms with Gasteiger partial charge in [0, 0.05) is 0 Å². The second-order valence-corrected chi connectivity index (χ2v) is 4.63. The molecule has 0 atom stereocenters. The quantitative estimate of drug-likeness (QED) is 0.483. The van der Waals surface area contributed by atoms with Crippen LogP contribution < -0.4 is 0 Å². The van der Waals surface area contributed by atoms with Crippen molar-refractivity contribution in [1.29, 1.82) is 0 Å². The highest BCUT2D eigenvalue weighted by Crippen LogP contribution is 2.04. The molecule has 0 bridgehead atoms. The van der Waals surface area contributed by atoms with E-state index in [1.807, 2.05) is 0 Å². The maximum absolute atomic E-state index is 2.50. The second kappa shape index (κ2) is 12.4. The molecule has 0 saturated carbocycles. The molecule has 0 spiro atoms. The first-order chi connectivity index (χ1) is 8.28. The highest BCUT2D eigenvalue weighted by molar-refractivity contribution is 4.67. The maximum atomic E-state index is 2.50. The Labute approximate surface area is 109 Å². The first kappa shape index (κ1) is 16.9. The molecular formula is C15H33N2. The van der Waals surface area contributed by atoms with Crippen molar-refractivity contribution in [2.45, 2.75) is 53.4 Å². The largest absolute Gasteiger partial charge is 0.304 e. The van der Waals surface area contributed by atoms with Gasteiger partial charge in [0.25, 0.3) is 0 Å². The van der Waals surface area contributed by atoms with E-state index in [2.05, 4.69) is 43.9 Å². The predicted molar refractivity (Wildman–Crippen MR) is 78.3 cm³/mol. The van der Waals surface area contributed by atoms with Crippen molar-refractivity contribution in [3.63, 3.8) is 0 Å². The van der Waals surface area contributed by atoms with Crippen molar-refractivity contribution in [2.75, 3.05) is 39.3 Å². The van der Waals surface area contributed by atoms with Crippen molar-refractivity contribution in [3.8, 4) is 0 Å². The molecule has 17 heavy (non-hydrogen) atoms. The number of rotatable bonds is 12. The van der Waals surface area contributed by atoms with Crippen LogP contribution in [-0.4, -0.2) is 49.1 Å². The molecule has 0 aromatic carbocycles. The minimum absolute atomic E-state index is 1.19. The van der Waals surface area contributed by atoms with E-state index in [0.717, 1.165) is 0 Å². The van der Waals surface area contributed by atoms with Crippen LogP contribution in [0.3, 0.4) is 0 Å². The van der Waals surface area contributed by atoms with Crippen LogP contribution in [0.1, 0.15) is 53.4 Å². The summed E-state index contributed by atoms with van der Waals surface area (Å²) >= 11 is 0. The minimum Gasteiger partial charge on any atom is -0.304 e. The molecule has 0 N–H and O–H groups in total. The second-order valence-electron chi connectivity index (χ2n) is 4.63. The van der Waals surface area contributed by atoms with Crippen molar-refractivity contribution in [3.05, 3.63) is 6.42 Å². The van der Waals surface area contributed by atoms with Crippen molar-refractivity contribution in [1.82, 2.24) is 9.80 Å². The first-order valence-corrected chi connectivity index (χ1v) is 7.54. The van der Waals surface area contributed by atoms with Gasteiger partial charge in [-0.25, -0.2) is 0 Å². The van der Waals surface area contributed by atoms with E-state index in [9.17, 15) is 0 Å². The lowest BCUT2D eigenvalue weighted by atomic mass is 10.1. The van der Waals surface area contributed by atoms with Crippen molar-refractivity contribution >= 4 is 0 Å². The van der Waals surface area contributed by atoms with Crippen molar-refractivity contribution < 1.29 is 0 Å². The Balaban J connectivity index is 3.23. The van der Waals surface area contributed by atoms with Gasteiger partial charge in [0.2, 0.25) is 0 Å². The third-order valence-corrected chi connectivity index (χ3v) is 3.55. The summed E-state index contributed by atoms with van der Waals surface area (Å²) in [6, 6.07) is 0. The first-order valence-electron chi connectivity index (χ1n) is 7.54. The van der Waals surface area contributed by atoms with Crippen LogP contribution >= 0.6 is 0 Å². The van der Waals surface area contributed by atoms with Crippen LogP contribution in [0, 0.1) is 6.42 Å². The van der Waals surface area contributed by atoms with E-state index < -0.39 is 0 Å². The van der Waals surface area contributed by atoms with Crippen LogP contribution in [0.2, 0.25) is 0 Å². The van der Waals surface area contributed by atoms with Crippen LogP contribution in [0.25, 0.3) is 0 Å². The standard InChI is InChI=1S/C15H33N2/c1-5-16(6-2)14-12-10-9-11-13-15-17(7-3)8-4/h9H,5-8,10-15H2,1-4H3. The lowest BCUT2D eigenvalue weighted by molar-refractivity contribution is 0.294. The fourth-order valence-electron chi connectivity index (χ4n) is 2.14. The molecule has 0 aromatic rings. The SMILES string of the molecule is CCN(CC)CCC[CH]CCCN(CC)CC. The van der Waals surface area contributed by atoms with Crippen molar-refractivity contribution in [2.24, 2.45) is 0 Å². The molecule has 0 aromatic heterocycles. The molecule has 103 valence electrons. The van der Waals surface area contributed by atoms with Crippen LogP contribution in [-0.2, 0) is 0 Å². The summed E-state index contributed by atoms with van der Waals surface area (Å²) in [6.07, 6.45) is 7.70. The van der Waals surface area contributed by atoms with Crippen LogP contribution in [0.5, 0.6) is 0 Å². The smallest absolute Gasteiger partial charge is 0.00189 e. The van der Waals surface area contributed by atoms with E-state index in [-0.39, 0.29) is 0 Å². The number of unbranched alkanes of at least 4 members (excludes halogenated alkanes) is 4. The van der Waals surface area contributed by atoms with Gasteiger partial charge in [-0.05, 0) is 71.4 Å². The number of nitrogens with zero attached hydrogens (tertiary/aromatic N) is 2. The summed E-state index contributed by atoms with van der Waals surface area (Å²) in [5, 5.41) is 0. The van der Waals surface area contributed by atoms with Gasteiger partial charge in [-0.15, -0.1) is 0 Å². The molecule has 0 fully saturated rings. The Morgan fingerprint density at radius 2 is 1.00 bits per heavy atom. The van der Waals surface area contributed by atoms with Gasteiger partial charge in [0.05, 0.1) is 0 Å². The molecule has 0 heterocycles. The molecule has 0 aliphatic carbocycles. The maximum Gasteiger partial charge on any atom is -0.00189 e. The topological polar surface area (TPSA) is 6.48 Å². The average molecular weight is 241 g/mol. The Hall–Kier alpha value is -0.0800. The highest BCUT2D eigenvalue weighted by Gasteiger charge is 2.00. The Morgan fingerprint density at radius 1 is 0.647 bits per heavy atom. The average Bonchev–Trinajstić information content (AvgIpc) is 2.37. The number of hydrogen-bond acceptors (Lipinski definition) is 2. The fourth-order valence-corrected chi connectivity index (χ4v) is 2.14. The molecule has 0 amide bonds. The molecule has 2 nitrogen and oxygen atoms in total. The molecule has 0 aliphatic heterocycles. The molecule has 0 saturated heterocycles. The molecule has 0 aliphatic rings. The third kappa shape index (κ3) is 9.61. The zero-order valence-electron chi connectivity index (χ0n) is 12.5. The van der Waals surface area contributed by atoms with Crippen LogP contribution in [0.15, 0.2) is 0 Å². The molecule has 0 rings (SSSR count). The van der Waals surface area contributed by atoms with E-state index in [1.54, 1.807) is 0 Å². The summed E-state index contributed by atoms with van der Waals surface area (Å²) in [6.45, 7) is 16.3. The Morgan fingerprint density at radius 3 is 1.29 bits per heavy atom. The van der Waals surface area contributed by atoms with E-state index in [1.165, 1.54) is 65.0 Å². The zero-order valence-corrected chi connectivity index (χ0v) is 12.5. The molecule has 1 radical (unpaired) electrons. The number of hydrogen-bond donors (Lipinski definition) is 0. The summed E-state index contributed by atoms with van der Waals surface area (Å²) in [5.74, 6) is 0. The van der Waals surface area contributed by atoms with Gasteiger partial charge >= 0.3 is 0 Å². The lowest BCUT2D eigenvalue weighted by Gasteiger charge is -2.18. The monoisotopic (exact) mass is 241 g/mol. The zero-order chi connectivity index (χ0) is 12.9. The van der Waals surface area contributed by atoms with E-state index in [4.69, 9.17) is 0 Å². The molecular weight excluding hydrogens is 208 g/mol. The van der Waals surface area contributed by atoms with Gasteiger partial charge in [-0.1, -0.05) is 27.7 Å². The summed E-state index contributed by atoms with van der Waals surface area (Å²) in [5.41, 5.74) is 0. The molecule has 2 heteroatoms. The van der Waals surface area contributed by atoms with Gasteiger partial charge in [-0.2, -0.15) is 0 Å². The van der Waals surface area contributed by atoms with Gasteiger partial charge in [0.1, 0.15) is 0 Å². The lowest BCUT2D eigenvalue weighted by Crippen LogP contribution is -2.24. The summed E-state index contributed by atoms with van der Waals surface area (Å²) < 4.78 is 0. The van der Waals surface area contributed by atoms with Gasteiger partial charge in [-0.3, -0.25) is 0 Å². The van der Waals surface area contributed by atoms with Crippen LogP contribution in [0.4, 0.5) is 0 Å². The fraction of sp³-hybridized carbons (Fsp3) is 0.933.